The summed E-state index contributed by atoms with van der Waals surface area (Å²) in [5.41, 5.74) is -0.639. The van der Waals surface area contributed by atoms with Gasteiger partial charge in [-0.2, -0.15) is 0 Å². The first-order valence-corrected chi connectivity index (χ1v) is 11.1. The van der Waals surface area contributed by atoms with Gasteiger partial charge in [-0.05, 0) is 51.8 Å². The second-order valence-electron chi connectivity index (χ2n) is 9.95. The lowest BCUT2D eigenvalue weighted by molar-refractivity contribution is -0.194. The number of methoxy groups -OCH3 is 1. The van der Waals surface area contributed by atoms with E-state index in [9.17, 15) is 24.9 Å². The molecule has 2 aliphatic heterocycles. The Morgan fingerprint density at radius 2 is 1.91 bits per heavy atom. The summed E-state index contributed by atoms with van der Waals surface area (Å²) in [5.74, 6) is -0.434. The molecule has 33 heavy (non-hydrogen) atoms. The molecule has 10 nitrogen and oxygen atoms in total. The van der Waals surface area contributed by atoms with Crippen LogP contribution < -0.4 is 10.1 Å². The van der Waals surface area contributed by atoms with E-state index >= 15 is 0 Å². The number of carbonyl (C=O) groups is 2. The zero-order valence-electron chi connectivity index (χ0n) is 19.8. The van der Waals surface area contributed by atoms with E-state index in [-0.39, 0.29) is 6.54 Å². The number of carboxylic acid groups (broad SMARTS) is 1. The third kappa shape index (κ3) is 5.40. The molecule has 1 amide bonds. The van der Waals surface area contributed by atoms with E-state index in [0.717, 1.165) is 11.3 Å². The standard InChI is InChI=1S/C23H35N3O7/c1-14(27)18(19(28)29)24-16-10-23(26(12-16)21(31)33-22(2,3)4)13-25(20(23)30)11-15-6-8-17(32-5)9-7-15/h6-9,14,16,18,20,24,27,30H,10-13H2,1-5H3,(H,28,29)/t14-,16?,18+,20?,23?/m1/s1. The minimum Gasteiger partial charge on any atom is -0.497 e. The monoisotopic (exact) mass is 465 g/mol. The zero-order valence-corrected chi connectivity index (χ0v) is 19.8. The van der Waals surface area contributed by atoms with E-state index in [1.807, 2.05) is 29.2 Å². The normalized spacial score (nSPS) is 27.2. The number of carbonyl (C=O) groups excluding carboxylic acids is 1. The van der Waals surface area contributed by atoms with Gasteiger partial charge in [-0.25, -0.2) is 4.79 Å². The van der Waals surface area contributed by atoms with Crippen molar-refractivity contribution in [1.82, 2.24) is 15.1 Å². The topological polar surface area (TPSA) is 132 Å². The van der Waals surface area contributed by atoms with Crippen molar-refractivity contribution in [1.29, 1.82) is 0 Å². The van der Waals surface area contributed by atoms with Crippen molar-refractivity contribution < 1.29 is 34.4 Å². The van der Waals surface area contributed by atoms with Crippen LogP contribution in [0.2, 0.25) is 0 Å². The van der Waals surface area contributed by atoms with Crippen LogP contribution in [-0.4, -0.2) is 92.9 Å². The SMILES string of the molecule is COc1ccc(CN2CC3(CC(N[C@H](C(=O)O)[C@@H](C)O)CN3C(=O)OC(C)(C)C)C2O)cc1. The van der Waals surface area contributed by atoms with Gasteiger partial charge in [0.1, 0.15) is 23.6 Å². The van der Waals surface area contributed by atoms with Crippen LogP contribution in [0, 0.1) is 0 Å². The highest BCUT2D eigenvalue weighted by molar-refractivity contribution is 5.74. The molecule has 2 heterocycles. The van der Waals surface area contributed by atoms with Crippen molar-refractivity contribution in [3.8, 4) is 5.75 Å². The Kier molecular flexibility index (Phi) is 7.23. The molecule has 2 aliphatic rings. The minimum absolute atomic E-state index is 0.166. The minimum atomic E-state index is -1.18. The number of benzene rings is 1. The summed E-state index contributed by atoms with van der Waals surface area (Å²) in [6.07, 6.45) is -2.29. The molecule has 0 aliphatic carbocycles. The van der Waals surface area contributed by atoms with Gasteiger partial charge in [0.05, 0.1) is 18.8 Å². The van der Waals surface area contributed by atoms with Crippen LogP contribution >= 0.6 is 0 Å². The summed E-state index contributed by atoms with van der Waals surface area (Å²) in [5, 5.41) is 33.4. The Morgan fingerprint density at radius 1 is 1.27 bits per heavy atom. The van der Waals surface area contributed by atoms with E-state index in [0.29, 0.717) is 19.5 Å². The van der Waals surface area contributed by atoms with E-state index < -0.39 is 47.6 Å². The molecule has 0 aromatic heterocycles. The predicted molar refractivity (Wildman–Crippen MR) is 120 cm³/mol. The molecule has 3 unspecified atom stereocenters. The molecule has 2 fully saturated rings. The molecule has 3 rings (SSSR count). The Labute approximate surface area is 194 Å². The number of likely N-dealkylation sites (tertiary alicyclic amines) is 2. The van der Waals surface area contributed by atoms with Crippen LogP contribution in [0.5, 0.6) is 5.75 Å². The van der Waals surface area contributed by atoms with E-state index in [2.05, 4.69) is 5.32 Å². The quantitative estimate of drug-likeness (QED) is 0.466. The van der Waals surface area contributed by atoms with E-state index in [1.54, 1.807) is 27.9 Å². The van der Waals surface area contributed by atoms with Crippen LogP contribution in [0.25, 0.3) is 0 Å². The Balaban J connectivity index is 1.77. The van der Waals surface area contributed by atoms with Gasteiger partial charge in [-0.1, -0.05) is 12.1 Å². The van der Waals surface area contributed by atoms with E-state index in [1.165, 1.54) is 11.8 Å². The number of aliphatic hydroxyl groups excluding tert-OH is 2. The lowest BCUT2D eigenvalue weighted by Crippen LogP contribution is -2.75. The van der Waals surface area contributed by atoms with Crippen molar-refractivity contribution in [2.45, 2.75) is 76.2 Å². The number of hydrogen-bond acceptors (Lipinski definition) is 8. The maximum Gasteiger partial charge on any atom is 0.410 e. The third-order valence-electron chi connectivity index (χ3n) is 6.17. The second-order valence-corrected chi connectivity index (χ2v) is 9.95. The number of rotatable bonds is 7. The average molecular weight is 466 g/mol. The maximum atomic E-state index is 13.0. The molecule has 1 aromatic carbocycles. The van der Waals surface area contributed by atoms with Crippen LogP contribution in [0.4, 0.5) is 4.79 Å². The lowest BCUT2D eigenvalue weighted by atomic mass is 9.83. The average Bonchev–Trinajstić information content (AvgIpc) is 3.11. The second kappa shape index (κ2) is 9.46. The molecular weight excluding hydrogens is 430 g/mol. The summed E-state index contributed by atoms with van der Waals surface area (Å²) in [7, 11) is 1.60. The first-order chi connectivity index (χ1) is 15.4. The number of nitrogens with one attached hydrogen (secondary N) is 1. The Morgan fingerprint density at radius 3 is 2.39 bits per heavy atom. The molecule has 0 bridgehead atoms. The van der Waals surface area contributed by atoms with Crippen molar-refractivity contribution >= 4 is 12.1 Å². The van der Waals surface area contributed by atoms with Gasteiger partial charge in [-0.3, -0.25) is 19.9 Å². The molecule has 1 aromatic rings. The fraction of sp³-hybridized carbons (Fsp3) is 0.652. The number of nitrogens with zero attached hydrogens (tertiary/aromatic N) is 2. The maximum absolute atomic E-state index is 13.0. The Hall–Kier alpha value is -2.40. The third-order valence-corrected chi connectivity index (χ3v) is 6.17. The Bertz CT molecular complexity index is 855. The van der Waals surface area contributed by atoms with Crippen molar-refractivity contribution in [2.75, 3.05) is 20.2 Å². The van der Waals surface area contributed by atoms with Crippen LogP contribution in [-0.2, 0) is 16.1 Å². The lowest BCUT2D eigenvalue weighted by Gasteiger charge is -2.56. The number of ether oxygens (including phenoxy) is 2. The summed E-state index contributed by atoms with van der Waals surface area (Å²) < 4.78 is 10.8. The number of aliphatic carboxylic acids is 1. The van der Waals surface area contributed by atoms with Gasteiger partial charge in [0.25, 0.3) is 0 Å². The molecular formula is C23H35N3O7. The number of amides is 1. The number of carboxylic acids is 1. The highest BCUT2D eigenvalue weighted by Gasteiger charge is 2.62. The first kappa shape index (κ1) is 25.2. The molecule has 4 N–H and O–H groups in total. The summed E-state index contributed by atoms with van der Waals surface area (Å²) >= 11 is 0. The van der Waals surface area contributed by atoms with Crippen LogP contribution in [0.15, 0.2) is 24.3 Å². The van der Waals surface area contributed by atoms with Gasteiger partial charge >= 0.3 is 12.1 Å². The molecule has 10 heteroatoms. The van der Waals surface area contributed by atoms with E-state index in [4.69, 9.17) is 9.47 Å². The molecule has 2 saturated heterocycles. The highest BCUT2D eigenvalue weighted by atomic mass is 16.6. The van der Waals surface area contributed by atoms with Gasteiger partial charge in [0.15, 0.2) is 0 Å². The largest absolute Gasteiger partial charge is 0.497 e. The van der Waals surface area contributed by atoms with Crippen molar-refractivity contribution in [3.05, 3.63) is 29.8 Å². The fourth-order valence-electron chi connectivity index (χ4n) is 4.61. The number of aliphatic hydroxyl groups is 2. The summed E-state index contributed by atoms with van der Waals surface area (Å²) in [6.45, 7) is 7.76. The van der Waals surface area contributed by atoms with Gasteiger partial charge in [0, 0.05) is 25.7 Å². The molecule has 184 valence electrons. The first-order valence-electron chi connectivity index (χ1n) is 11.1. The number of hydrogen-bond donors (Lipinski definition) is 4. The van der Waals surface area contributed by atoms with Crippen LogP contribution in [0.3, 0.4) is 0 Å². The van der Waals surface area contributed by atoms with Gasteiger partial charge in [-0.15, -0.1) is 0 Å². The van der Waals surface area contributed by atoms with Crippen LogP contribution in [0.1, 0.15) is 39.7 Å². The van der Waals surface area contributed by atoms with Crippen molar-refractivity contribution in [2.24, 2.45) is 0 Å². The highest BCUT2D eigenvalue weighted by Crippen LogP contribution is 2.43. The fourth-order valence-corrected chi connectivity index (χ4v) is 4.61. The molecule has 5 atom stereocenters. The van der Waals surface area contributed by atoms with Gasteiger partial charge in [0.2, 0.25) is 0 Å². The van der Waals surface area contributed by atoms with Crippen molar-refractivity contribution in [3.63, 3.8) is 0 Å². The zero-order chi connectivity index (χ0) is 24.6. The predicted octanol–water partition coefficient (Wildman–Crippen LogP) is 1.00. The molecule has 0 saturated carbocycles. The smallest absolute Gasteiger partial charge is 0.410 e. The molecule has 0 radical (unpaired) electrons. The summed E-state index contributed by atoms with van der Waals surface area (Å²) in [4.78, 5) is 27.9. The summed E-state index contributed by atoms with van der Waals surface area (Å²) in [6, 6.07) is 5.93. The molecule has 1 spiro atoms. The van der Waals surface area contributed by atoms with Gasteiger partial charge < -0.3 is 24.8 Å².